The van der Waals surface area contributed by atoms with E-state index in [2.05, 4.69) is 21.2 Å². The van der Waals surface area contributed by atoms with Crippen molar-refractivity contribution in [3.8, 4) is 0 Å². The quantitative estimate of drug-likeness (QED) is 0.922. The summed E-state index contributed by atoms with van der Waals surface area (Å²) < 4.78 is 18.8. The maximum Gasteiger partial charge on any atom is 0.137 e. The molecule has 90 valence electrons. The third-order valence-corrected chi connectivity index (χ3v) is 3.17. The van der Waals surface area contributed by atoms with Crippen molar-refractivity contribution in [1.82, 2.24) is 5.32 Å². The minimum atomic E-state index is -0.243. The van der Waals surface area contributed by atoms with Gasteiger partial charge in [0.25, 0.3) is 0 Å². The minimum Gasteiger partial charge on any atom is -0.468 e. The summed E-state index contributed by atoms with van der Waals surface area (Å²) in [6, 6.07) is 8.92. The lowest BCUT2D eigenvalue weighted by molar-refractivity contribution is 0.430. The molecule has 0 aliphatic rings. The molecule has 1 aromatic heterocycles. The molecule has 0 fully saturated rings. The first kappa shape index (κ1) is 12.3. The number of hydrogen-bond acceptors (Lipinski definition) is 2. The molecule has 4 heteroatoms. The van der Waals surface area contributed by atoms with Gasteiger partial charge in [0.15, 0.2) is 0 Å². The molecule has 0 bridgehead atoms. The van der Waals surface area contributed by atoms with Crippen molar-refractivity contribution in [3.63, 3.8) is 0 Å². The van der Waals surface area contributed by atoms with Gasteiger partial charge in [0, 0.05) is 6.54 Å². The van der Waals surface area contributed by atoms with E-state index < -0.39 is 0 Å². The maximum atomic E-state index is 13.0. The van der Waals surface area contributed by atoms with Crippen molar-refractivity contribution in [2.45, 2.75) is 19.5 Å². The van der Waals surface area contributed by atoms with E-state index in [1.54, 1.807) is 18.4 Å². The van der Waals surface area contributed by atoms with Gasteiger partial charge in [0.05, 0.1) is 16.8 Å². The molecule has 0 aliphatic carbocycles. The van der Waals surface area contributed by atoms with E-state index in [4.69, 9.17) is 4.42 Å². The first-order valence-corrected chi connectivity index (χ1v) is 6.17. The Morgan fingerprint density at radius 3 is 2.88 bits per heavy atom. The molecule has 17 heavy (non-hydrogen) atoms. The van der Waals surface area contributed by atoms with Gasteiger partial charge in [-0.3, -0.25) is 0 Å². The average molecular weight is 298 g/mol. The SMILES string of the molecule is C[C@@H](NCc1ccc(F)c(Br)c1)c1ccco1. The highest BCUT2D eigenvalue weighted by Crippen LogP contribution is 2.18. The van der Waals surface area contributed by atoms with Crippen molar-refractivity contribution in [1.29, 1.82) is 0 Å². The predicted molar refractivity (Wildman–Crippen MR) is 68.1 cm³/mol. The van der Waals surface area contributed by atoms with Gasteiger partial charge in [0.2, 0.25) is 0 Å². The minimum absolute atomic E-state index is 0.133. The molecule has 1 aromatic carbocycles. The summed E-state index contributed by atoms with van der Waals surface area (Å²) in [5.41, 5.74) is 1.02. The normalized spacial score (nSPS) is 12.6. The number of halogens is 2. The molecule has 1 atom stereocenters. The highest BCUT2D eigenvalue weighted by atomic mass is 79.9. The Bertz CT molecular complexity index is 484. The van der Waals surface area contributed by atoms with Gasteiger partial charge in [-0.2, -0.15) is 0 Å². The van der Waals surface area contributed by atoms with Crippen LogP contribution in [0.3, 0.4) is 0 Å². The summed E-state index contributed by atoms with van der Waals surface area (Å²) in [5.74, 6) is 0.652. The molecule has 0 saturated carbocycles. The highest BCUT2D eigenvalue weighted by molar-refractivity contribution is 9.10. The molecule has 0 aliphatic heterocycles. The third kappa shape index (κ3) is 3.17. The van der Waals surface area contributed by atoms with E-state index in [1.165, 1.54) is 6.07 Å². The summed E-state index contributed by atoms with van der Waals surface area (Å²) in [4.78, 5) is 0. The van der Waals surface area contributed by atoms with Crippen LogP contribution in [0.2, 0.25) is 0 Å². The number of benzene rings is 1. The smallest absolute Gasteiger partial charge is 0.137 e. The average Bonchev–Trinajstić information content (AvgIpc) is 2.84. The first-order chi connectivity index (χ1) is 8.16. The zero-order valence-corrected chi connectivity index (χ0v) is 11.0. The van der Waals surface area contributed by atoms with Crippen LogP contribution < -0.4 is 5.32 Å². The van der Waals surface area contributed by atoms with Crippen LogP contribution in [0.5, 0.6) is 0 Å². The molecule has 0 saturated heterocycles. The molecule has 2 rings (SSSR count). The molecular weight excluding hydrogens is 285 g/mol. The Kier molecular flexibility index (Phi) is 3.97. The predicted octanol–water partition coefficient (Wildman–Crippen LogP) is 4.03. The Morgan fingerprint density at radius 2 is 2.24 bits per heavy atom. The third-order valence-electron chi connectivity index (χ3n) is 2.57. The van der Waals surface area contributed by atoms with Crippen LogP contribution >= 0.6 is 15.9 Å². The molecule has 1 N–H and O–H groups in total. The van der Waals surface area contributed by atoms with Crippen LogP contribution in [0.15, 0.2) is 45.5 Å². The van der Waals surface area contributed by atoms with Gasteiger partial charge in [-0.05, 0) is 52.7 Å². The van der Waals surface area contributed by atoms with E-state index in [-0.39, 0.29) is 11.9 Å². The van der Waals surface area contributed by atoms with Crippen molar-refractivity contribution < 1.29 is 8.81 Å². The topological polar surface area (TPSA) is 25.2 Å². The van der Waals surface area contributed by atoms with E-state index in [9.17, 15) is 4.39 Å². The Morgan fingerprint density at radius 1 is 1.41 bits per heavy atom. The summed E-state index contributed by atoms with van der Waals surface area (Å²) in [5, 5.41) is 3.31. The second-order valence-electron chi connectivity index (χ2n) is 3.87. The lowest BCUT2D eigenvalue weighted by Gasteiger charge is -2.11. The highest BCUT2D eigenvalue weighted by Gasteiger charge is 2.07. The fraction of sp³-hybridized carbons (Fsp3) is 0.231. The maximum absolute atomic E-state index is 13.0. The van der Waals surface area contributed by atoms with Crippen molar-refractivity contribution >= 4 is 15.9 Å². The zero-order valence-electron chi connectivity index (χ0n) is 9.41. The lowest BCUT2D eigenvalue weighted by Crippen LogP contribution is -2.17. The first-order valence-electron chi connectivity index (χ1n) is 5.37. The fourth-order valence-electron chi connectivity index (χ4n) is 1.56. The Hall–Kier alpha value is -1.13. The molecule has 0 unspecified atom stereocenters. The van der Waals surface area contributed by atoms with Crippen LogP contribution in [0, 0.1) is 5.82 Å². The molecule has 2 aromatic rings. The van der Waals surface area contributed by atoms with Crippen LogP contribution in [0.1, 0.15) is 24.3 Å². The van der Waals surface area contributed by atoms with Crippen molar-refractivity contribution in [3.05, 3.63) is 58.2 Å². The van der Waals surface area contributed by atoms with Gasteiger partial charge < -0.3 is 9.73 Å². The van der Waals surface area contributed by atoms with Crippen LogP contribution in [-0.2, 0) is 6.54 Å². The Labute approximate surface area is 108 Å². The molecule has 0 spiro atoms. The fourth-order valence-corrected chi connectivity index (χ4v) is 1.98. The summed E-state index contributed by atoms with van der Waals surface area (Å²) in [6.45, 7) is 2.69. The van der Waals surface area contributed by atoms with Gasteiger partial charge in [-0.25, -0.2) is 4.39 Å². The van der Waals surface area contributed by atoms with Crippen molar-refractivity contribution in [2.75, 3.05) is 0 Å². The summed E-state index contributed by atoms with van der Waals surface area (Å²) in [7, 11) is 0. The van der Waals surface area contributed by atoms with E-state index >= 15 is 0 Å². The number of nitrogens with one attached hydrogen (secondary N) is 1. The van der Waals surface area contributed by atoms with Crippen LogP contribution in [-0.4, -0.2) is 0 Å². The standard InChI is InChI=1S/C13H13BrFNO/c1-9(13-3-2-6-17-13)16-8-10-4-5-12(15)11(14)7-10/h2-7,9,16H,8H2,1H3/t9-/m1/s1. The van der Waals surface area contributed by atoms with E-state index in [0.717, 1.165) is 11.3 Å². The number of rotatable bonds is 4. The molecule has 0 radical (unpaired) electrons. The number of hydrogen-bond donors (Lipinski definition) is 1. The Balaban J connectivity index is 1.96. The monoisotopic (exact) mass is 297 g/mol. The molecule has 2 nitrogen and oxygen atoms in total. The lowest BCUT2D eigenvalue weighted by atomic mass is 10.2. The summed E-state index contributed by atoms with van der Waals surface area (Å²) in [6.07, 6.45) is 1.65. The largest absolute Gasteiger partial charge is 0.468 e. The van der Waals surface area contributed by atoms with E-state index in [0.29, 0.717) is 11.0 Å². The van der Waals surface area contributed by atoms with Crippen LogP contribution in [0.4, 0.5) is 4.39 Å². The second-order valence-corrected chi connectivity index (χ2v) is 4.72. The van der Waals surface area contributed by atoms with Gasteiger partial charge in [0.1, 0.15) is 11.6 Å². The van der Waals surface area contributed by atoms with Gasteiger partial charge in [-0.15, -0.1) is 0 Å². The molecule has 1 heterocycles. The molecular formula is C13H13BrFNO. The van der Waals surface area contributed by atoms with Crippen molar-refractivity contribution in [2.24, 2.45) is 0 Å². The zero-order chi connectivity index (χ0) is 12.3. The van der Waals surface area contributed by atoms with Gasteiger partial charge >= 0.3 is 0 Å². The van der Waals surface area contributed by atoms with Gasteiger partial charge in [-0.1, -0.05) is 6.07 Å². The molecule has 0 amide bonds. The van der Waals surface area contributed by atoms with Crippen LogP contribution in [0.25, 0.3) is 0 Å². The second kappa shape index (κ2) is 5.47. The summed E-state index contributed by atoms with van der Waals surface area (Å²) >= 11 is 3.17. The number of furan rings is 1. The van der Waals surface area contributed by atoms with E-state index in [1.807, 2.05) is 19.1 Å².